The van der Waals surface area contributed by atoms with Crippen LogP contribution >= 0.6 is 0 Å². The van der Waals surface area contributed by atoms with Gasteiger partial charge < -0.3 is 0 Å². The lowest BCUT2D eigenvalue weighted by Crippen LogP contribution is -1.94. The second kappa shape index (κ2) is 4.24. The van der Waals surface area contributed by atoms with Crippen LogP contribution < -0.4 is 0 Å². The van der Waals surface area contributed by atoms with Crippen molar-refractivity contribution in [3.63, 3.8) is 0 Å². The third-order valence-corrected chi connectivity index (χ3v) is 4.22. The van der Waals surface area contributed by atoms with Gasteiger partial charge >= 0.3 is 0 Å². The second-order valence-corrected chi connectivity index (χ2v) is 5.36. The van der Waals surface area contributed by atoms with E-state index >= 15 is 0 Å². The standard InChI is InChI=1S/C19H16/c1-2-9-18-15(5-1)11-12-17(18)13-16-8-3-6-14-7-4-10-19(14)16/h1-6,8-10,12H,7,11,13H2. The molecule has 19 heavy (non-hydrogen) atoms. The fourth-order valence-corrected chi connectivity index (χ4v) is 3.24. The topological polar surface area (TPSA) is 0 Å². The zero-order valence-electron chi connectivity index (χ0n) is 10.9. The number of benzene rings is 2. The Balaban J connectivity index is 1.71. The van der Waals surface area contributed by atoms with Gasteiger partial charge in [-0.05, 0) is 52.7 Å². The molecule has 0 unspecified atom stereocenters. The van der Waals surface area contributed by atoms with Crippen LogP contribution in [-0.4, -0.2) is 0 Å². The highest BCUT2D eigenvalue weighted by Gasteiger charge is 2.16. The van der Waals surface area contributed by atoms with E-state index in [-0.39, 0.29) is 0 Å². The molecule has 0 atom stereocenters. The Hall–Kier alpha value is -2.08. The third kappa shape index (κ3) is 1.76. The first-order chi connectivity index (χ1) is 9.42. The summed E-state index contributed by atoms with van der Waals surface area (Å²) >= 11 is 0. The molecule has 0 N–H and O–H groups in total. The van der Waals surface area contributed by atoms with Crippen LogP contribution in [0.2, 0.25) is 0 Å². The highest BCUT2D eigenvalue weighted by atomic mass is 14.2. The summed E-state index contributed by atoms with van der Waals surface area (Å²) in [6, 6.07) is 15.5. The summed E-state index contributed by atoms with van der Waals surface area (Å²) in [5, 5.41) is 0. The highest BCUT2D eigenvalue weighted by Crippen LogP contribution is 2.32. The molecular formula is C19H16. The van der Waals surface area contributed by atoms with Gasteiger partial charge in [-0.1, -0.05) is 60.7 Å². The Morgan fingerprint density at radius 1 is 0.842 bits per heavy atom. The Morgan fingerprint density at radius 2 is 1.74 bits per heavy atom. The fourth-order valence-electron chi connectivity index (χ4n) is 3.24. The van der Waals surface area contributed by atoms with Crippen LogP contribution in [0.1, 0.15) is 27.8 Å². The van der Waals surface area contributed by atoms with E-state index in [9.17, 15) is 0 Å². The second-order valence-electron chi connectivity index (χ2n) is 5.36. The summed E-state index contributed by atoms with van der Waals surface area (Å²) < 4.78 is 0. The molecule has 2 aliphatic carbocycles. The van der Waals surface area contributed by atoms with Crippen molar-refractivity contribution in [3.8, 4) is 0 Å². The monoisotopic (exact) mass is 244 g/mol. The van der Waals surface area contributed by atoms with Gasteiger partial charge in [-0.2, -0.15) is 0 Å². The molecule has 4 rings (SSSR count). The smallest absolute Gasteiger partial charge is 0.00167 e. The minimum atomic E-state index is 1.06. The predicted molar refractivity (Wildman–Crippen MR) is 81.0 cm³/mol. The van der Waals surface area contributed by atoms with E-state index in [0.717, 1.165) is 19.3 Å². The molecule has 0 amide bonds. The van der Waals surface area contributed by atoms with E-state index < -0.39 is 0 Å². The van der Waals surface area contributed by atoms with Crippen molar-refractivity contribution < 1.29 is 0 Å². The van der Waals surface area contributed by atoms with Gasteiger partial charge in [0.15, 0.2) is 0 Å². The Kier molecular flexibility index (Phi) is 2.41. The first kappa shape index (κ1) is 10.8. The lowest BCUT2D eigenvalue weighted by molar-refractivity contribution is 1.23. The lowest BCUT2D eigenvalue weighted by atomic mass is 9.95. The van der Waals surface area contributed by atoms with Gasteiger partial charge in [-0.15, -0.1) is 0 Å². The van der Waals surface area contributed by atoms with Gasteiger partial charge in [-0.3, -0.25) is 0 Å². The molecule has 0 saturated heterocycles. The van der Waals surface area contributed by atoms with E-state index in [4.69, 9.17) is 0 Å². The van der Waals surface area contributed by atoms with Crippen LogP contribution in [0.3, 0.4) is 0 Å². The van der Waals surface area contributed by atoms with E-state index in [1.165, 1.54) is 33.4 Å². The van der Waals surface area contributed by atoms with E-state index in [2.05, 4.69) is 60.7 Å². The average molecular weight is 244 g/mol. The molecule has 0 nitrogen and oxygen atoms in total. The first-order valence-corrected chi connectivity index (χ1v) is 6.96. The summed E-state index contributed by atoms with van der Waals surface area (Å²) in [6.45, 7) is 0. The summed E-state index contributed by atoms with van der Waals surface area (Å²) in [4.78, 5) is 0. The minimum Gasteiger partial charge on any atom is -0.0795 e. The van der Waals surface area contributed by atoms with Crippen LogP contribution in [0.25, 0.3) is 11.6 Å². The zero-order valence-corrected chi connectivity index (χ0v) is 10.9. The molecule has 2 aromatic carbocycles. The molecule has 0 radical (unpaired) electrons. The zero-order chi connectivity index (χ0) is 12.7. The van der Waals surface area contributed by atoms with Crippen LogP contribution in [-0.2, 0) is 19.3 Å². The number of hydrogen-bond donors (Lipinski definition) is 0. The molecule has 2 aromatic rings. The molecule has 0 aromatic heterocycles. The molecule has 0 spiro atoms. The quantitative estimate of drug-likeness (QED) is 0.732. The Bertz CT molecular complexity index is 702. The summed E-state index contributed by atoms with van der Waals surface area (Å²) in [6.07, 6.45) is 10.2. The summed E-state index contributed by atoms with van der Waals surface area (Å²) in [7, 11) is 0. The first-order valence-electron chi connectivity index (χ1n) is 6.96. The molecule has 0 aliphatic heterocycles. The van der Waals surface area contributed by atoms with Gasteiger partial charge in [0.25, 0.3) is 0 Å². The molecule has 2 aliphatic rings. The number of hydrogen-bond acceptors (Lipinski definition) is 0. The van der Waals surface area contributed by atoms with Crippen LogP contribution in [0.4, 0.5) is 0 Å². The van der Waals surface area contributed by atoms with Crippen molar-refractivity contribution in [2.45, 2.75) is 19.3 Å². The average Bonchev–Trinajstić information content (AvgIpc) is 3.06. The van der Waals surface area contributed by atoms with Crippen molar-refractivity contribution in [2.24, 2.45) is 0 Å². The van der Waals surface area contributed by atoms with Gasteiger partial charge in [-0.25, -0.2) is 0 Å². The van der Waals surface area contributed by atoms with Crippen LogP contribution in [0.5, 0.6) is 0 Å². The minimum absolute atomic E-state index is 1.06. The van der Waals surface area contributed by atoms with Gasteiger partial charge in [0.1, 0.15) is 0 Å². The fraction of sp³-hybridized carbons (Fsp3) is 0.158. The van der Waals surface area contributed by atoms with Crippen LogP contribution in [0.15, 0.2) is 54.6 Å². The van der Waals surface area contributed by atoms with Crippen molar-refractivity contribution in [2.75, 3.05) is 0 Å². The lowest BCUT2D eigenvalue weighted by Gasteiger charge is -2.10. The van der Waals surface area contributed by atoms with Gasteiger partial charge in [0.05, 0.1) is 0 Å². The van der Waals surface area contributed by atoms with Crippen molar-refractivity contribution in [3.05, 3.63) is 82.4 Å². The van der Waals surface area contributed by atoms with E-state index in [1.54, 1.807) is 0 Å². The molecule has 0 heterocycles. The van der Waals surface area contributed by atoms with Crippen molar-refractivity contribution in [1.29, 1.82) is 0 Å². The molecule has 0 bridgehead atoms. The van der Waals surface area contributed by atoms with Crippen LogP contribution in [0, 0.1) is 0 Å². The van der Waals surface area contributed by atoms with E-state index in [0.29, 0.717) is 0 Å². The van der Waals surface area contributed by atoms with Gasteiger partial charge in [0, 0.05) is 0 Å². The molecule has 0 fully saturated rings. The Morgan fingerprint density at radius 3 is 2.74 bits per heavy atom. The van der Waals surface area contributed by atoms with Crippen molar-refractivity contribution in [1.82, 2.24) is 0 Å². The largest absolute Gasteiger partial charge is 0.0795 e. The molecule has 0 heteroatoms. The maximum atomic E-state index is 2.39. The maximum Gasteiger partial charge on any atom is -0.00167 e. The summed E-state index contributed by atoms with van der Waals surface area (Å²) in [5.74, 6) is 0. The third-order valence-electron chi connectivity index (χ3n) is 4.22. The van der Waals surface area contributed by atoms with E-state index in [1.807, 2.05) is 0 Å². The maximum absolute atomic E-state index is 2.39. The highest BCUT2D eigenvalue weighted by molar-refractivity contribution is 5.76. The molecule has 92 valence electrons. The Labute approximate surface area is 114 Å². The van der Waals surface area contributed by atoms with Crippen molar-refractivity contribution >= 4 is 11.6 Å². The number of fused-ring (bicyclic) bond motifs is 2. The summed E-state index contributed by atoms with van der Waals surface area (Å²) in [5.41, 5.74) is 8.80. The van der Waals surface area contributed by atoms with Gasteiger partial charge in [0.2, 0.25) is 0 Å². The number of rotatable bonds is 2. The molecule has 0 saturated carbocycles. The normalized spacial score (nSPS) is 15.3. The molecular weight excluding hydrogens is 228 g/mol. The predicted octanol–water partition coefficient (Wildman–Crippen LogP) is 4.44. The number of allylic oxidation sites excluding steroid dienone is 3. The SMILES string of the molecule is C1=Cc2c(cccc2CC2=CCc3ccccc32)C1.